The smallest absolute Gasteiger partial charge is 0.226 e. The first kappa shape index (κ1) is 18.4. The lowest BCUT2D eigenvalue weighted by Gasteiger charge is -2.13. The first-order valence-corrected chi connectivity index (χ1v) is 9.03. The molecule has 0 spiro atoms. The number of hydrogen-bond donors (Lipinski definition) is 1. The number of ether oxygens (including phenoxy) is 3. The van der Waals surface area contributed by atoms with Crippen LogP contribution in [-0.2, 0) is 14.3 Å². The third kappa shape index (κ3) is 5.58. The second kappa shape index (κ2) is 9.36. The molecule has 26 heavy (non-hydrogen) atoms. The maximum Gasteiger partial charge on any atom is 0.226 e. The number of hydrogen-bond acceptors (Lipinski definition) is 4. The lowest BCUT2D eigenvalue weighted by molar-refractivity contribution is -0.117. The first-order chi connectivity index (χ1) is 12.7. The Hall–Kier alpha value is -2.37. The summed E-state index contributed by atoms with van der Waals surface area (Å²) in [6.07, 6.45) is 2.61. The van der Waals surface area contributed by atoms with Crippen molar-refractivity contribution in [3.05, 3.63) is 54.1 Å². The van der Waals surface area contributed by atoms with Crippen molar-refractivity contribution in [3.63, 3.8) is 0 Å². The molecular formula is C21H25NO4. The lowest BCUT2D eigenvalue weighted by atomic mass is 10.2. The number of carbonyl (C=O) groups is 1. The molecule has 1 aliphatic heterocycles. The summed E-state index contributed by atoms with van der Waals surface area (Å²) in [5.41, 5.74) is 1.77. The Kier molecular flexibility index (Phi) is 6.63. The Morgan fingerprint density at radius 2 is 2.12 bits per heavy atom. The highest BCUT2D eigenvalue weighted by Crippen LogP contribution is 2.29. The first-order valence-electron chi connectivity index (χ1n) is 9.03. The molecule has 0 bridgehead atoms. The van der Waals surface area contributed by atoms with Crippen LogP contribution in [0.2, 0.25) is 0 Å². The summed E-state index contributed by atoms with van der Waals surface area (Å²) < 4.78 is 17.0. The molecule has 2 aromatic carbocycles. The summed E-state index contributed by atoms with van der Waals surface area (Å²) in [5, 5.41) is 2.90. The zero-order valence-electron chi connectivity index (χ0n) is 15.1. The topological polar surface area (TPSA) is 56.8 Å². The van der Waals surface area contributed by atoms with E-state index in [0.29, 0.717) is 31.1 Å². The highest BCUT2D eigenvalue weighted by molar-refractivity contribution is 5.92. The van der Waals surface area contributed by atoms with Gasteiger partial charge in [0, 0.05) is 6.61 Å². The van der Waals surface area contributed by atoms with Gasteiger partial charge < -0.3 is 19.5 Å². The van der Waals surface area contributed by atoms with Crippen LogP contribution in [0.3, 0.4) is 0 Å². The van der Waals surface area contributed by atoms with Gasteiger partial charge in [0.25, 0.3) is 0 Å². The quantitative estimate of drug-likeness (QED) is 0.717. The molecule has 1 atom stereocenters. The van der Waals surface area contributed by atoms with Crippen molar-refractivity contribution in [2.24, 2.45) is 0 Å². The molecule has 5 nitrogen and oxygen atoms in total. The van der Waals surface area contributed by atoms with Crippen LogP contribution in [0.5, 0.6) is 11.5 Å². The van der Waals surface area contributed by atoms with Crippen LogP contribution in [0.25, 0.3) is 0 Å². The molecule has 138 valence electrons. The maximum absolute atomic E-state index is 12.2. The molecule has 1 N–H and O–H groups in total. The highest BCUT2D eigenvalue weighted by Gasteiger charge is 2.15. The summed E-state index contributed by atoms with van der Waals surface area (Å²) in [6, 6.07) is 15.2. The van der Waals surface area contributed by atoms with Gasteiger partial charge in [0.2, 0.25) is 5.91 Å². The van der Waals surface area contributed by atoms with Gasteiger partial charge in [-0.05, 0) is 49.6 Å². The molecule has 1 amide bonds. The summed E-state index contributed by atoms with van der Waals surface area (Å²) >= 11 is 0. The Labute approximate surface area is 154 Å². The van der Waals surface area contributed by atoms with E-state index in [1.807, 2.05) is 55.5 Å². The van der Waals surface area contributed by atoms with Gasteiger partial charge in [0.05, 0.1) is 31.4 Å². The van der Waals surface area contributed by atoms with E-state index in [2.05, 4.69) is 5.32 Å². The third-order valence-corrected chi connectivity index (χ3v) is 4.18. The zero-order valence-corrected chi connectivity index (χ0v) is 15.1. The van der Waals surface area contributed by atoms with E-state index in [1.165, 1.54) is 0 Å². The number of benzene rings is 2. The number of amides is 1. The SMILES string of the molecule is Cc1cccc(Oc2ccccc2NC(=O)CCOCC2CCCO2)c1. The lowest BCUT2D eigenvalue weighted by Crippen LogP contribution is -2.18. The summed E-state index contributed by atoms with van der Waals surface area (Å²) in [5.74, 6) is 1.26. The van der Waals surface area contributed by atoms with Crippen molar-refractivity contribution < 1.29 is 19.0 Å². The molecule has 1 fully saturated rings. The molecule has 0 radical (unpaired) electrons. The second-order valence-corrected chi connectivity index (χ2v) is 6.42. The summed E-state index contributed by atoms with van der Waals surface area (Å²) in [7, 11) is 0. The monoisotopic (exact) mass is 355 g/mol. The van der Waals surface area contributed by atoms with Crippen LogP contribution in [0.4, 0.5) is 5.69 Å². The van der Waals surface area contributed by atoms with Gasteiger partial charge in [0.1, 0.15) is 5.75 Å². The number of rotatable bonds is 8. The van der Waals surface area contributed by atoms with Crippen LogP contribution < -0.4 is 10.1 Å². The Morgan fingerprint density at radius 3 is 2.92 bits per heavy atom. The van der Waals surface area contributed by atoms with Gasteiger partial charge in [0.15, 0.2) is 5.75 Å². The minimum Gasteiger partial charge on any atom is -0.455 e. The van der Waals surface area contributed by atoms with E-state index in [1.54, 1.807) is 0 Å². The standard InChI is InChI=1S/C21H25NO4/c1-16-6-4-7-17(14-16)26-20-10-3-2-9-19(20)22-21(23)11-13-24-15-18-8-5-12-25-18/h2-4,6-7,9-10,14,18H,5,8,11-13,15H2,1H3,(H,22,23). The van der Waals surface area contributed by atoms with Crippen LogP contribution in [0.15, 0.2) is 48.5 Å². The number of aryl methyl sites for hydroxylation is 1. The molecule has 3 rings (SSSR count). The minimum atomic E-state index is -0.0994. The molecule has 0 aromatic heterocycles. The van der Waals surface area contributed by atoms with Gasteiger partial charge in [-0.3, -0.25) is 4.79 Å². The predicted octanol–water partition coefficient (Wildman–Crippen LogP) is 4.31. The van der Waals surface area contributed by atoms with E-state index < -0.39 is 0 Å². The highest BCUT2D eigenvalue weighted by atomic mass is 16.5. The van der Waals surface area contributed by atoms with Gasteiger partial charge in [-0.1, -0.05) is 24.3 Å². The normalized spacial score (nSPS) is 16.4. The van der Waals surface area contributed by atoms with Crippen molar-refractivity contribution in [3.8, 4) is 11.5 Å². The largest absolute Gasteiger partial charge is 0.455 e. The fourth-order valence-corrected chi connectivity index (χ4v) is 2.83. The zero-order chi connectivity index (χ0) is 18.2. The number of para-hydroxylation sites is 2. The molecule has 1 unspecified atom stereocenters. The second-order valence-electron chi connectivity index (χ2n) is 6.42. The van der Waals surface area contributed by atoms with Crippen molar-refractivity contribution >= 4 is 11.6 Å². The average molecular weight is 355 g/mol. The van der Waals surface area contributed by atoms with Gasteiger partial charge >= 0.3 is 0 Å². The van der Waals surface area contributed by atoms with Crippen molar-refractivity contribution in [2.45, 2.75) is 32.3 Å². The fourth-order valence-electron chi connectivity index (χ4n) is 2.83. The van der Waals surface area contributed by atoms with E-state index >= 15 is 0 Å². The fraction of sp³-hybridized carbons (Fsp3) is 0.381. The van der Waals surface area contributed by atoms with E-state index in [9.17, 15) is 4.79 Å². The van der Waals surface area contributed by atoms with Crippen molar-refractivity contribution in [1.29, 1.82) is 0 Å². The van der Waals surface area contributed by atoms with E-state index in [-0.39, 0.29) is 12.0 Å². The van der Waals surface area contributed by atoms with Gasteiger partial charge in [-0.2, -0.15) is 0 Å². The number of anilines is 1. The van der Waals surface area contributed by atoms with Crippen molar-refractivity contribution in [1.82, 2.24) is 0 Å². The summed E-state index contributed by atoms with van der Waals surface area (Å²) in [6.45, 7) is 3.76. The van der Waals surface area contributed by atoms with Crippen molar-refractivity contribution in [2.75, 3.05) is 25.1 Å². The summed E-state index contributed by atoms with van der Waals surface area (Å²) in [4.78, 5) is 12.2. The molecule has 1 saturated heterocycles. The average Bonchev–Trinajstić information content (AvgIpc) is 3.14. The van der Waals surface area contributed by atoms with Crippen LogP contribution >= 0.6 is 0 Å². The van der Waals surface area contributed by atoms with E-state index in [0.717, 1.165) is 30.8 Å². The Morgan fingerprint density at radius 1 is 1.23 bits per heavy atom. The van der Waals surface area contributed by atoms with Crippen LogP contribution in [0, 0.1) is 6.92 Å². The maximum atomic E-state index is 12.2. The van der Waals surface area contributed by atoms with Crippen LogP contribution in [-0.4, -0.2) is 31.8 Å². The van der Waals surface area contributed by atoms with Gasteiger partial charge in [-0.15, -0.1) is 0 Å². The number of nitrogens with one attached hydrogen (secondary N) is 1. The molecule has 0 aliphatic carbocycles. The van der Waals surface area contributed by atoms with Crippen LogP contribution in [0.1, 0.15) is 24.8 Å². The molecule has 1 aliphatic rings. The third-order valence-electron chi connectivity index (χ3n) is 4.18. The predicted molar refractivity (Wildman–Crippen MR) is 101 cm³/mol. The number of carbonyl (C=O) groups excluding carboxylic acids is 1. The van der Waals surface area contributed by atoms with Gasteiger partial charge in [-0.25, -0.2) is 0 Å². The Bertz CT molecular complexity index is 725. The molecule has 1 heterocycles. The molecule has 2 aromatic rings. The van der Waals surface area contributed by atoms with E-state index in [4.69, 9.17) is 14.2 Å². The molecule has 5 heteroatoms. The Balaban J connectivity index is 1.49. The minimum absolute atomic E-state index is 0.0994. The molecule has 0 saturated carbocycles. The molecular weight excluding hydrogens is 330 g/mol.